The Balaban J connectivity index is 1.65. The van der Waals surface area contributed by atoms with Gasteiger partial charge in [-0.05, 0) is 41.5 Å². The van der Waals surface area contributed by atoms with Crippen LogP contribution in [0.5, 0.6) is 11.5 Å². The summed E-state index contributed by atoms with van der Waals surface area (Å²) in [7, 11) is 1.72. The minimum atomic E-state index is -0.124. The lowest BCUT2D eigenvalue weighted by Gasteiger charge is -2.18. The number of ether oxygens (including phenoxy) is 2. The highest BCUT2D eigenvalue weighted by molar-refractivity contribution is 6.35. The lowest BCUT2D eigenvalue weighted by Crippen LogP contribution is -2.24. The third-order valence-corrected chi connectivity index (χ3v) is 4.37. The van der Waals surface area contributed by atoms with Crippen molar-refractivity contribution in [2.24, 2.45) is 0 Å². The lowest BCUT2D eigenvalue weighted by atomic mass is 10.1. The summed E-state index contributed by atoms with van der Waals surface area (Å²) in [5, 5.41) is 1.11. The van der Waals surface area contributed by atoms with E-state index in [4.69, 9.17) is 32.7 Å². The highest BCUT2D eigenvalue weighted by atomic mass is 35.5. The summed E-state index contributed by atoms with van der Waals surface area (Å²) in [5.41, 5.74) is 1.71. The number of hydrogen-bond acceptors (Lipinski definition) is 3. The van der Waals surface area contributed by atoms with Gasteiger partial charge in [0.2, 0.25) is 5.91 Å². The van der Waals surface area contributed by atoms with Gasteiger partial charge in [-0.25, -0.2) is 0 Å². The van der Waals surface area contributed by atoms with Gasteiger partial charge in [-0.1, -0.05) is 35.3 Å². The summed E-state index contributed by atoms with van der Waals surface area (Å²) in [6, 6.07) is 10.8. The van der Waals surface area contributed by atoms with Gasteiger partial charge >= 0.3 is 0 Å². The molecule has 2 aromatic carbocycles. The maximum absolute atomic E-state index is 12.3. The Morgan fingerprint density at radius 3 is 2.64 bits per heavy atom. The summed E-state index contributed by atoms with van der Waals surface area (Å²) in [6.45, 7) is 1.49. The first kappa shape index (κ1) is 17.6. The van der Waals surface area contributed by atoms with Gasteiger partial charge in [0.25, 0.3) is 0 Å². The number of nitrogens with zero attached hydrogens (tertiary/aromatic N) is 1. The molecule has 0 unspecified atom stereocenters. The Morgan fingerprint density at radius 2 is 1.88 bits per heavy atom. The van der Waals surface area contributed by atoms with Gasteiger partial charge in [0.15, 0.2) is 11.5 Å². The van der Waals surface area contributed by atoms with Gasteiger partial charge in [0, 0.05) is 29.7 Å². The van der Waals surface area contributed by atoms with Crippen LogP contribution in [-0.4, -0.2) is 31.1 Å². The van der Waals surface area contributed by atoms with Gasteiger partial charge < -0.3 is 14.4 Å². The van der Waals surface area contributed by atoms with E-state index in [2.05, 4.69) is 0 Å². The largest absolute Gasteiger partial charge is 0.486 e. The first-order valence-corrected chi connectivity index (χ1v) is 8.55. The van der Waals surface area contributed by atoms with Crippen molar-refractivity contribution in [3.05, 3.63) is 63.6 Å². The zero-order valence-electron chi connectivity index (χ0n) is 13.7. The van der Waals surface area contributed by atoms with E-state index in [0.29, 0.717) is 35.6 Å². The van der Waals surface area contributed by atoms with Gasteiger partial charge in [0.05, 0.1) is 0 Å². The van der Waals surface area contributed by atoms with Crippen molar-refractivity contribution in [2.75, 3.05) is 20.3 Å². The molecule has 0 atom stereocenters. The van der Waals surface area contributed by atoms with Gasteiger partial charge in [-0.15, -0.1) is 0 Å². The topological polar surface area (TPSA) is 38.8 Å². The molecule has 4 nitrogen and oxygen atoms in total. The van der Waals surface area contributed by atoms with Crippen LogP contribution in [-0.2, 0) is 11.3 Å². The van der Waals surface area contributed by atoms with Crippen LogP contribution in [0.15, 0.2) is 42.5 Å². The van der Waals surface area contributed by atoms with E-state index < -0.39 is 0 Å². The summed E-state index contributed by atoms with van der Waals surface area (Å²) in [4.78, 5) is 13.9. The standard InChI is InChI=1S/C19H17Cl2NO3/c1-22(12-14-4-5-15(20)11-16(14)21)19(23)7-3-13-2-6-17-18(10-13)25-9-8-24-17/h2-7,10-11H,8-9,12H2,1H3/b7-3+. The van der Waals surface area contributed by atoms with Crippen LogP contribution in [0.2, 0.25) is 10.0 Å². The van der Waals surface area contributed by atoms with Crippen LogP contribution >= 0.6 is 23.2 Å². The monoisotopic (exact) mass is 377 g/mol. The van der Waals surface area contributed by atoms with Crippen LogP contribution in [0.3, 0.4) is 0 Å². The molecule has 25 heavy (non-hydrogen) atoms. The van der Waals surface area contributed by atoms with E-state index in [-0.39, 0.29) is 5.91 Å². The number of halogens is 2. The molecule has 0 saturated carbocycles. The summed E-state index contributed by atoms with van der Waals surface area (Å²) >= 11 is 12.0. The normalized spacial score (nSPS) is 13.1. The van der Waals surface area contributed by atoms with E-state index in [9.17, 15) is 4.79 Å². The number of amides is 1. The SMILES string of the molecule is CN(Cc1ccc(Cl)cc1Cl)C(=O)/C=C/c1ccc2c(c1)OCCO2. The Bertz CT molecular complexity index is 820. The van der Waals surface area contributed by atoms with Crippen molar-refractivity contribution in [2.45, 2.75) is 6.54 Å². The van der Waals surface area contributed by atoms with E-state index in [0.717, 1.165) is 16.9 Å². The molecule has 1 aliphatic heterocycles. The number of carbonyl (C=O) groups excluding carboxylic acids is 1. The van der Waals surface area contributed by atoms with Crippen LogP contribution in [0.1, 0.15) is 11.1 Å². The Labute approximate surface area is 156 Å². The molecule has 0 bridgehead atoms. The molecule has 0 saturated heterocycles. The molecule has 1 heterocycles. The fourth-order valence-electron chi connectivity index (χ4n) is 2.44. The zero-order valence-corrected chi connectivity index (χ0v) is 15.2. The number of benzene rings is 2. The van der Waals surface area contributed by atoms with E-state index >= 15 is 0 Å². The summed E-state index contributed by atoms with van der Waals surface area (Å²) in [6.07, 6.45) is 3.27. The molecule has 0 N–H and O–H groups in total. The second-order valence-corrected chi connectivity index (χ2v) is 6.51. The van der Waals surface area contributed by atoms with Crippen molar-refractivity contribution in [3.63, 3.8) is 0 Å². The number of carbonyl (C=O) groups is 1. The predicted molar refractivity (Wildman–Crippen MR) is 99.4 cm³/mol. The maximum Gasteiger partial charge on any atom is 0.246 e. The Kier molecular flexibility index (Phi) is 5.51. The number of rotatable bonds is 4. The van der Waals surface area contributed by atoms with Gasteiger partial charge in [-0.3, -0.25) is 4.79 Å². The first-order valence-electron chi connectivity index (χ1n) is 7.80. The molecule has 0 aliphatic carbocycles. The molecular formula is C19H17Cl2NO3. The Hall–Kier alpha value is -2.17. The second kappa shape index (κ2) is 7.81. The average molecular weight is 378 g/mol. The number of hydrogen-bond donors (Lipinski definition) is 0. The molecule has 0 fully saturated rings. The van der Waals surface area contributed by atoms with Crippen molar-refractivity contribution >= 4 is 35.2 Å². The lowest BCUT2D eigenvalue weighted by molar-refractivity contribution is -0.125. The number of likely N-dealkylation sites (N-methyl/N-ethyl adjacent to an activating group) is 1. The molecule has 2 aromatic rings. The fourth-order valence-corrected chi connectivity index (χ4v) is 2.91. The third-order valence-electron chi connectivity index (χ3n) is 3.78. The molecule has 1 amide bonds. The summed E-state index contributed by atoms with van der Waals surface area (Å²) in [5.74, 6) is 1.30. The molecule has 0 aromatic heterocycles. The van der Waals surface area contributed by atoms with Crippen molar-refractivity contribution in [1.82, 2.24) is 4.90 Å². The first-order chi connectivity index (χ1) is 12.0. The van der Waals surface area contributed by atoms with Crippen LogP contribution in [0.4, 0.5) is 0 Å². The molecule has 130 valence electrons. The van der Waals surface area contributed by atoms with E-state index in [1.54, 1.807) is 30.2 Å². The molecule has 6 heteroatoms. The molecule has 1 aliphatic rings. The molecule has 0 radical (unpaired) electrons. The highest BCUT2D eigenvalue weighted by Crippen LogP contribution is 2.31. The van der Waals surface area contributed by atoms with E-state index in [1.807, 2.05) is 24.3 Å². The Morgan fingerprint density at radius 1 is 1.12 bits per heavy atom. The quantitative estimate of drug-likeness (QED) is 0.739. The second-order valence-electron chi connectivity index (χ2n) is 5.67. The summed E-state index contributed by atoms with van der Waals surface area (Å²) < 4.78 is 11.0. The predicted octanol–water partition coefficient (Wildman–Crippen LogP) is 4.44. The molecule has 3 rings (SSSR count). The van der Waals surface area contributed by atoms with Crippen molar-refractivity contribution in [1.29, 1.82) is 0 Å². The minimum absolute atomic E-state index is 0.124. The van der Waals surface area contributed by atoms with Crippen molar-refractivity contribution in [3.8, 4) is 11.5 Å². The van der Waals surface area contributed by atoms with Crippen LogP contribution in [0, 0.1) is 0 Å². The maximum atomic E-state index is 12.3. The van der Waals surface area contributed by atoms with Gasteiger partial charge in [0.1, 0.15) is 13.2 Å². The van der Waals surface area contributed by atoms with E-state index in [1.165, 1.54) is 6.08 Å². The van der Waals surface area contributed by atoms with Gasteiger partial charge in [-0.2, -0.15) is 0 Å². The molecule has 0 spiro atoms. The van der Waals surface area contributed by atoms with Crippen LogP contribution < -0.4 is 9.47 Å². The van der Waals surface area contributed by atoms with Crippen LogP contribution in [0.25, 0.3) is 6.08 Å². The average Bonchev–Trinajstić information content (AvgIpc) is 2.61. The van der Waals surface area contributed by atoms with Crippen molar-refractivity contribution < 1.29 is 14.3 Å². The minimum Gasteiger partial charge on any atom is -0.486 e. The molecular weight excluding hydrogens is 361 g/mol. The third kappa shape index (κ3) is 4.47. The highest BCUT2D eigenvalue weighted by Gasteiger charge is 2.12. The smallest absolute Gasteiger partial charge is 0.246 e. The number of fused-ring (bicyclic) bond motifs is 1. The fraction of sp³-hybridized carbons (Fsp3) is 0.211. The zero-order chi connectivity index (χ0) is 17.8.